The monoisotopic (exact) mass is 366 g/mol. The SMILES string of the molecule is CCNC(=NCC(O)c1ccc(F)cc1)NCCCN(C(C)C)C(C)C. The third-order valence-electron chi connectivity index (χ3n) is 4.23. The number of rotatable bonds is 10. The molecule has 6 heteroatoms. The van der Waals surface area contributed by atoms with Crippen molar-refractivity contribution in [2.45, 2.75) is 59.2 Å². The van der Waals surface area contributed by atoms with E-state index >= 15 is 0 Å². The molecule has 0 bridgehead atoms. The van der Waals surface area contributed by atoms with Gasteiger partial charge in [0.25, 0.3) is 0 Å². The molecule has 0 heterocycles. The number of aliphatic hydroxyl groups is 1. The zero-order valence-corrected chi connectivity index (χ0v) is 16.8. The van der Waals surface area contributed by atoms with Gasteiger partial charge in [-0.2, -0.15) is 0 Å². The van der Waals surface area contributed by atoms with Crippen LogP contribution >= 0.6 is 0 Å². The molecule has 1 atom stereocenters. The first-order valence-corrected chi connectivity index (χ1v) is 9.56. The summed E-state index contributed by atoms with van der Waals surface area (Å²) in [5.74, 6) is 0.380. The number of nitrogens with zero attached hydrogens (tertiary/aromatic N) is 2. The van der Waals surface area contributed by atoms with E-state index in [0.717, 1.165) is 26.1 Å². The molecule has 0 aliphatic rings. The third kappa shape index (κ3) is 8.15. The summed E-state index contributed by atoms with van der Waals surface area (Å²) < 4.78 is 13.0. The van der Waals surface area contributed by atoms with Crippen molar-refractivity contribution in [3.05, 3.63) is 35.6 Å². The van der Waals surface area contributed by atoms with Crippen molar-refractivity contribution >= 4 is 5.96 Å². The van der Waals surface area contributed by atoms with Crippen LogP contribution in [-0.2, 0) is 0 Å². The number of aliphatic hydroxyl groups excluding tert-OH is 1. The Morgan fingerprint density at radius 3 is 2.27 bits per heavy atom. The summed E-state index contributed by atoms with van der Waals surface area (Å²) in [5.41, 5.74) is 0.663. The molecule has 5 nitrogen and oxygen atoms in total. The van der Waals surface area contributed by atoms with E-state index in [-0.39, 0.29) is 12.4 Å². The normalized spacial score (nSPS) is 13.5. The molecule has 1 unspecified atom stereocenters. The van der Waals surface area contributed by atoms with Gasteiger partial charge >= 0.3 is 0 Å². The quantitative estimate of drug-likeness (QED) is 0.339. The highest BCUT2D eigenvalue weighted by molar-refractivity contribution is 5.79. The summed E-state index contributed by atoms with van der Waals surface area (Å²) in [6.07, 6.45) is 0.268. The summed E-state index contributed by atoms with van der Waals surface area (Å²) in [7, 11) is 0. The van der Waals surface area contributed by atoms with E-state index in [4.69, 9.17) is 0 Å². The van der Waals surface area contributed by atoms with Crippen molar-refractivity contribution in [1.82, 2.24) is 15.5 Å². The van der Waals surface area contributed by atoms with Gasteiger partial charge in [-0.25, -0.2) is 4.39 Å². The number of guanidine groups is 1. The van der Waals surface area contributed by atoms with E-state index < -0.39 is 6.10 Å². The van der Waals surface area contributed by atoms with Gasteiger partial charge in [0, 0.05) is 31.7 Å². The lowest BCUT2D eigenvalue weighted by atomic mass is 10.1. The van der Waals surface area contributed by atoms with Crippen LogP contribution in [0.1, 0.15) is 52.7 Å². The summed E-state index contributed by atoms with van der Waals surface area (Å²) in [4.78, 5) is 6.90. The molecular weight excluding hydrogens is 331 g/mol. The first-order valence-electron chi connectivity index (χ1n) is 9.56. The highest BCUT2D eigenvalue weighted by atomic mass is 19.1. The second-order valence-electron chi connectivity index (χ2n) is 6.99. The van der Waals surface area contributed by atoms with Gasteiger partial charge in [-0.3, -0.25) is 9.89 Å². The van der Waals surface area contributed by atoms with Crippen LogP contribution in [0.25, 0.3) is 0 Å². The molecule has 0 aliphatic heterocycles. The lowest BCUT2D eigenvalue weighted by Gasteiger charge is -2.30. The molecule has 1 aromatic carbocycles. The molecule has 0 saturated heterocycles. The molecule has 1 rings (SSSR count). The molecule has 0 fully saturated rings. The predicted octanol–water partition coefficient (Wildman–Crippen LogP) is 2.92. The van der Waals surface area contributed by atoms with Crippen LogP contribution in [0.2, 0.25) is 0 Å². The maximum Gasteiger partial charge on any atom is 0.191 e. The third-order valence-corrected chi connectivity index (χ3v) is 4.23. The van der Waals surface area contributed by atoms with Crippen LogP contribution in [0.15, 0.2) is 29.3 Å². The minimum atomic E-state index is -0.747. The molecule has 0 saturated carbocycles. The minimum absolute atomic E-state index is 0.227. The van der Waals surface area contributed by atoms with Gasteiger partial charge in [0.05, 0.1) is 12.6 Å². The van der Waals surface area contributed by atoms with Crippen molar-refractivity contribution in [3.8, 4) is 0 Å². The van der Waals surface area contributed by atoms with Gasteiger partial charge in [-0.05, 0) is 58.7 Å². The maximum absolute atomic E-state index is 13.0. The van der Waals surface area contributed by atoms with Gasteiger partial charge in [0.1, 0.15) is 5.82 Å². The Morgan fingerprint density at radius 1 is 1.12 bits per heavy atom. The molecule has 0 aliphatic carbocycles. The van der Waals surface area contributed by atoms with Crippen molar-refractivity contribution in [3.63, 3.8) is 0 Å². The standard InChI is InChI=1S/C20H35FN4O/c1-6-22-20(23-12-7-13-25(15(2)3)16(4)5)24-14-19(26)17-8-10-18(21)11-9-17/h8-11,15-16,19,26H,6-7,12-14H2,1-5H3,(H2,22,23,24). The fourth-order valence-corrected chi connectivity index (χ4v) is 2.89. The van der Waals surface area contributed by atoms with E-state index in [2.05, 4.69) is 48.2 Å². The molecule has 1 aromatic rings. The zero-order valence-electron chi connectivity index (χ0n) is 16.8. The second-order valence-corrected chi connectivity index (χ2v) is 6.99. The highest BCUT2D eigenvalue weighted by Gasteiger charge is 2.12. The second kappa shape index (κ2) is 11.9. The van der Waals surface area contributed by atoms with Crippen LogP contribution in [0.4, 0.5) is 4.39 Å². The fourth-order valence-electron chi connectivity index (χ4n) is 2.89. The van der Waals surface area contributed by atoms with Crippen LogP contribution in [0.3, 0.4) is 0 Å². The van der Waals surface area contributed by atoms with Crippen molar-refractivity contribution in [2.75, 3.05) is 26.2 Å². The van der Waals surface area contributed by atoms with Crippen LogP contribution in [-0.4, -0.2) is 54.2 Å². The number of nitrogens with one attached hydrogen (secondary N) is 2. The van der Waals surface area contributed by atoms with E-state index in [1.165, 1.54) is 12.1 Å². The van der Waals surface area contributed by atoms with E-state index in [0.29, 0.717) is 23.6 Å². The molecule has 0 aromatic heterocycles. The molecule has 3 N–H and O–H groups in total. The Balaban J connectivity index is 2.49. The smallest absolute Gasteiger partial charge is 0.191 e. The Kier molecular flexibility index (Phi) is 10.2. The average molecular weight is 367 g/mol. The molecule has 0 spiro atoms. The Labute approximate surface area is 157 Å². The molecule has 0 amide bonds. The van der Waals surface area contributed by atoms with Crippen LogP contribution < -0.4 is 10.6 Å². The summed E-state index contributed by atoms with van der Waals surface area (Å²) >= 11 is 0. The van der Waals surface area contributed by atoms with Gasteiger partial charge in [-0.1, -0.05) is 12.1 Å². The minimum Gasteiger partial charge on any atom is -0.386 e. The molecule has 148 valence electrons. The van der Waals surface area contributed by atoms with Gasteiger partial charge in [-0.15, -0.1) is 0 Å². The first kappa shape index (κ1) is 22.4. The van der Waals surface area contributed by atoms with Crippen molar-refractivity contribution in [2.24, 2.45) is 4.99 Å². The number of aliphatic imine (C=N–C) groups is 1. The zero-order chi connectivity index (χ0) is 19.5. The van der Waals surface area contributed by atoms with Crippen LogP contribution in [0.5, 0.6) is 0 Å². The molecular formula is C20H35FN4O. The highest BCUT2D eigenvalue weighted by Crippen LogP contribution is 2.13. The summed E-state index contributed by atoms with van der Waals surface area (Å²) in [6, 6.07) is 6.93. The fraction of sp³-hybridized carbons (Fsp3) is 0.650. The van der Waals surface area contributed by atoms with Gasteiger partial charge < -0.3 is 15.7 Å². The largest absolute Gasteiger partial charge is 0.386 e. The molecule has 0 radical (unpaired) electrons. The van der Waals surface area contributed by atoms with E-state index in [1.54, 1.807) is 12.1 Å². The predicted molar refractivity (Wildman–Crippen MR) is 107 cm³/mol. The van der Waals surface area contributed by atoms with Crippen molar-refractivity contribution in [1.29, 1.82) is 0 Å². The number of hydrogen-bond donors (Lipinski definition) is 3. The van der Waals surface area contributed by atoms with Crippen molar-refractivity contribution < 1.29 is 9.50 Å². The van der Waals surface area contributed by atoms with Gasteiger partial charge in [0.15, 0.2) is 5.96 Å². The summed E-state index contributed by atoms with van der Waals surface area (Å²) in [6.45, 7) is 13.7. The maximum atomic E-state index is 13.0. The Hall–Kier alpha value is -1.66. The lowest BCUT2D eigenvalue weighted by molar-refractivity contribution is 0.173. The number of hydrogen-bond acceptors (Lipinski definition) is 3. The van der Waals surface area contributed by atoms with Gasteiger partial charge in [0.2, 0.25) is 0 Å². The van der Waals surface area contributed by atoms with E-state index in [9.17, 15) is 9.50 Å². The van der Waals surface area contributed by atoms with Crippen LogP contribution in [0, 0.1) is 5.82 Å². The summed E-state index contributed by atoms with van der Waals surface area (Å²) in [5, 5.41) is 16.7. The molecule has 26 heavy (non-hydrogen) atoms. The Bertz CT molecular complexity index is 523. The lowest BCUT2D eigenvalue weighted by Crippen LogP contribution is -2.41. The number of halogens is 1. The Morgan fingerprint density at radius 2 is 1.73 bits per heavy atom. The number of benzene rings is 1. The van der Waals surface area contributed by atoms with E-state index in [1.807, 2.05) is 6.92 Å². The average Bonchev–Trinajstić information content (AvgIpc) is 2.59. The topological polar surface area (TPSA) is 59.9 Å². The first-order chi connectivity index (χ1) is 12.3.